The summed E-state index contributed by atoms with van der Waals surface area (Å²) in [5.74, 6) is -0.0942. The molecule has 0 radical (unpaired) electrons. The van der Waals surface area contributed by atoms with Crippen molar-refractivity contribution in [2.24, 2.45) is 0 Å². The van der Waals surface area contributed by atoms with Gasteiger partial charge in [0.1, 0.15) is 5.38 Å². The van der Waals surface area contributed by atoms with Gasteiger partial charge in [-0.05, 0) is 16.7 Å². The monoisotopic (exact) mass is 489 g/mol. The maximum Gasteiger partial charge on any atom is 0.245 e. The van der Waals surface area contributed by atoms with Crippen LogP contribution < -0.4 is 0 Å². The Bertz CT molecular complexity index is 1070. The number of hydrogen-bond donors (Lipinski definition) is 0. The topological polar surface area (TPSA) is 43.9 Å². The summed E-state index contributed by atoms with van der Waals surface area (Å²) < 4.78 is 0. The molecule has 0 aliphatic carbocycles. The van der Waals surface area contributed by atoms with Crippen molar-refractivity contribution in [3.63, 3.8) is 0 Å². The van der Waals surface area contributed by atoms with Crippen LogP contribution in [0.15, 0.2) is 91.0 Å². The summed E-state index contributed by atoms with van der Waals surface area (Å²) in [6, 6.07) is 29.6. The molecule has 1 unspecified atom stereocenters. The lowest BCUT2D eigenvalue weighted by Gasteiger charge is -2.35. The molecule has 1 aliphatic rings. The van der Waals surface area contributed by atoms with E-state index in [1.165, 1.54) is 5.56 Å². The largest absolute Gasteiger partial charge is 0.340 e. The molecule has 0 saturated carbocycles. The first-order valence-electron chi connectivity index (χ1n) is 12.2. The zero-order valence-electron chi connectivity index (χ0n) is 19.9. The van der Waals surface area contributed by atoms with E-state index in [0.717, 1.165) is 30.8 Å². The van der Waals surface area contributed by atoms with Crippen LogP contribution in [0, 0.1) is 0 Å². The number of piperazine rings is 1. The standard InChI is InChI=1S/C29H32ClN3O2/c30-28(26-14-8-3-9-15-26)29(35)33(23-25-12-6-2-7-13-25)17-16-27(34)32-20-18-31(19-21-32)22-24-10-4-1-5-11-24/h1-15,28H,16-23H2. The highest BCUT2D eigenvalue weighted by Crippen LogP contribution is 2.24. The quantitative estimate of drug-likeness (QED) is 0.408. The molecule has 1 saturated heterocycles. The fraction of sp³-hybridized carbons (Fsp3) is 0.310. The van der Waals surface area contributed by atoms with Crippen molar-refractivity contribution in [1.29, 1.82) is 0 Å². The first-order chi connectivity index (χ1) is 17.1. The molecule has 0 bridgehead atoms. The van der Waals surface area contributed by atoms with Gasteiger partial charge in [0.25, 0.3) is 0 Å². The Morgan fingerprint density at radius 2 is 1.31 bits per heavy atom. The molecule has 3 aromatic carbocycles. The lowest BCUT2D eigenvalue weighted by Crippen LogP contribution is -2.49. The van der Waals surface area contributed by atoms with Crippen LogP contribution in [0.4, 0.5) is 0 Å². The van der Waals surface area contributed by atoms with E-state index in [9.17, 15) is 9.59 Å². The van der Waals surface area contributed by atoms with Gasteiger partial charge in [0.2, 0.25) is 11.8 Å². The predicted octanol–water partition coefficient (Wildman–Crippen LogP) is 4.73. The number of benzene rings is 3. The molecule has 0 N–H and O–H groups in total. The predicted molar refractivity (Wildman–Crippen MR) is 140 cm³/mol. The van der Waals surface area contributed by atoms with Gasteiger partial charge in [-0.25, -0.2) is 0 Å². The fourth-order valence-electron chi connectivity index (χ4n) is 4.38. The second kappa shape index (κ2) is 12.5. The summed E-state index contributed by atoms with van der Waals surface area (Å²) in [6.45, 7) is 4.79. The lowest BCUT2D eigenvalue weighted by atomic mass is 10.1. The molecular weight excluding hydrogens is 458 g/mol. The molecule has 1 aliphatic heterocycles. The number of nitrogens with zero attached hydrogens (tertiary/aromatic N) is 3. The second-order valence-corrected chi connectivity index (χ2v) is 9.35. The Kier molecular flexibility index (Phi) is 8.93. The Labute approximate surface area is 212 Å². The maximum atomic E-state index is 13.3. The van der Waals surface area contributed by atoms with E-state index in [4.69, 9.17) is 11.6 Å². The van der Waals surface area contributed by atoms with Gasteiger partial charge in [0.15, 0.2) is 0 Å². The van der Waals surface area contributed by atoms with E-state index in [1.807, 2.05) is 71.6 Å². The SMILES string of the molecule is O=C(CCN(Cc1ccccc1)C(=O)C(Cl)c1ccccc1)N1CCN(Cc2ccccc2)CC1. The zero-order valence-corrected chi connectivity index (χ0v) is 20.7. The molecule has 1 heterocycles. The summed E-state index contributed by atoms with van der Waals surface area (Å²) in [6.07, 6.45) is 0.287. The third-order valence-corrected chi connectivity index (χ3v) is 6.85. The van der Waals surface area contributed by atoms with Crippen molar-refractivity contribution < 1.29 is 9.59 Å². The van der Waals surface area contributed by atoms with E-state index >= 15 is 0 Å². The van der Waals surface area contributed by atoms with Crippen LogP contribution in [0.1, 0.15) is 28.5 Å². The molecule has 1 atom stereocenters. The first-order valence-corrected chi connectivity index (χ1v) is 12.6. The molecule has 5 nitrogen and oxygen atoms in total. The van der Waals surface area contributed by atoms with E-state index in [-0.39, 0.29) is 18.2 Å². The molecule has 4 rings (SSSR count). The minimum Gasteiger partial charge on any atom is -0.340 e. The van der Waals surface area contributed by atoms with Crippen molar-refractivity contribution in [3.8, 4) is 0 Å². The summed E-state index contributed by atoms with van der Waals surface area (Å²) in [5, 5.41) is -0.781. The van der Waals surface area contributed by atoms with Crippen LogP contribution in [-0.4, -0.2) is 59.2 Å². The molecule has 2 amide bonds. The Morgan fingerprint density at radius 1 is 0.771 bits per heavy atom. The third kappa shape index (κ3) is 7.17. The van der Waals surface area contributed by atoms with Crippen LogP contribution in [0.5, 0.6) is 0 Å². The Morgan fingerprint density at radius 3 is 1.91 bits per heavy atom. The summed E-state index contributed by atoms with van der Waals surface area (Å²) in [7, 11) is 0. The van der Waals surface area contributed by atoms with Crippen molar-refractivity contribution in [3.05, 3.63) is 108 Å². The van der Waals surface area contributed by atoms with Gasteiger partial charge in [-0.3, -0.25) is 14.5 Å². The van der Waals surface area contributed by atoms with Crippen LogP contribution in [0.25, 0.3) is 0 Å². The Hall–Kier alpha value is -3.15. The van der Waals surface area contributed by atoms with Gasteiger partial charge in [0.05, 0.1) is 0 Å². The normalized spacial score (nSPS) is 14.9. The molecule has 182 valence electrons. The van der Waals surface area contributed by atoms with E-state index in [2.05, 4.69) is 29.2 Å². The average molecular weight is 490 g/mol. The number of amides is 2. The van der Waals surface area contributed by atoms with E-state index < -0.39 is 5.38 Å². The van der Waals surface area contributed by atoms with Gasteiger partial charge < -0.3 is 9.80 Å². The molecule has 1 fully saturated rings. The number of carbonyl (C=O) groups is 2. The summed E-state index contributed by atoms with van der Waals surface area (Å²) in [5.41, 5.74) is 3.06. The van der Waals surface area contributed by atoms with Crippen molar-refractivity contribution >= 4 is 23.4 Å². The van der Waals surface area contributed by atoms with E-state index in [0.29, 0.717) is 26.2 Å². The van der Waals surface area contributed by atoms with Gasteiger partial charge in [0, 0.05) is 52.2 Å². The molecule has 3 aromatic rings. The minimum absolute atomic E-state index is 0.0843. The van der Waals surface area contributed by atoms with Gasteiger partial charge in [-0.1, -0.05) is 91.0 Å². The number of hydrogen-bond acceptors (Lipinski definition) is 3. The highest BCUT2D eigenvalue weighted by Gasteiger charge is 2.26. The first kappa shape index (κ1) is 25.0. The average Bonchev–Trinajstić information content (AvgIpc) is 2.92. The number of carbonyl (C=O) groups excluding carboxylic acids is 2. The van der Waals surface area contributed by atoms with Crippen LogP contribution in [0.2, 0.25) is 0 Å². The fourth-order valence-corrected chi connectivity index (χ4v) is 4.67. The van der Waals surface area contributed by atoms with Gasteiger partial charge >= 0.3 is 0 Å². The Balaban J connectivity index is 1.33. The van der Waals surface area contributed by atoms with E-state index in [1.54, 1.807) is 4.90 Å². The van der Waals surface area contributed by atoms with Crippen molar-refractivity contribution in [2.45, 2.75) is 24.9 Å². The third-order valence-electron chi connectivity index (χ3n) is 6.41. The van der Waals surface area contributed by atoms with Crippen LogP contribution in [0.3, 0.4) is 0 Å². The molecular formula is C29H32ClN3O2. The maximum absolute atomic E-state index is 13.3. The highest BCUT2D eigenvalue weighted by molar-refractivity contribution is 6.30. The van der Waals surface area contributed by atoms with Crippen LogP contribution in [-0.2, 0) is 22.7 Å². The number of rotatable bonds is 9. The summed E-state index contributed by atoms with van der Waals surface area (Å²) >= 11 is 6.57. The van der Waals surface area contributed by atoms with Gasteiger partial charge in [-0.2, -0.15) is 0 Å². The second-order valence-electron chi connectivity index (χ2n) is 8.91. The van der Waals surface area contributed by atoms with Crippen molar-refractivity contribution in [2.75, 3.05) is 32.7 Å². The molecule has 0 aromatic heterocycles. The van der Waals surface area contributed by atoms with Crippen LogP contribution >= 0.6 is 11.6 Å². The number of halogens is 1. The van der Waals surface area contributed by atoms with Gasteiger partial charge in [-0.15, -0.1) is 11.6 Å². The zero-order chi connectivity index (χ0) is 24.5. The lowest BCUT2D eigenvalue weighted by molar-refractivity contribution is -0.135. The minimum atomic E-state index is -0.781. The molecule has 0 spiro atoms. The summed E-state index contributed by atoms with van der Waals surface area (Å²) in [4.78, 5) is 32.3. The molecule has 35 heavy (non-hydrogen) atoms. The highest BCUT2D eigenvalue weighted by atomic mass is 35.5. The molecule has 6 heteroatoms. The smallest absolute Gasteiger partial charge is 0.245 e. The van der Waals surface area contributed by atoms with Crippen molar-refractivity contribution in [1.82, 2.24) is 14.7 Å². The number of alkyl halides is 1.